The van der Waals surface area contributed by atoms with Crippen LogP contribution in [0.15, 0.2) is 24.3 Å². The lowest BCUT2D eigenvalue weighted by Gasteiger charge is -2.28. The maximum Gasteiger partial charge on any atom is 0.120 e. The Bertz CT molecular complexity index is 411. The molecule has 1 aliphatic rings. The van der Waals surface area contributed by atoms with Crippen molar-refractivity contribution in [3.8, 4) is 5.75 Å². The normalized spacial score (nSPS) is 16.3. The summed E-state index contributed by atoms with van der Waals surface area (Å²) in [6, 6.07) is 7.55. The molecule has 5 heteroatoms. The molecule has 1 saturated heterocycles. The number of ether oxygens (including phenoxy) is 2. The van der Waals surface area contributed by atoms with Crippen molar-refractivity contribution in [3.63, 3.8) is 0 Å². The molecule has 1 aliphatic heterocycles. The van der Waals surface area contributed by atoms with Crippen molar-refractivity contribution in [2.24, 2.45) is 0 Å². The average molecular weight is 313 g/mol. The highest BCUT2D eigenvalue weighted by molar-refractivity contribution is 6.30. The molecule has 118 valence electrons. The minimum Gasteiger partial charge on any atom is -0.493 e. The van der Waals surface area contributed by atoms with Gasteiger partial charge in [-0.3, -0.25) is 4.90 Å². The topological polar surface area (TPSA) is 24.9 Å². The molecule has 0 amide bonds. The summed E-state index contributed by atoms with van der Waals surface area (Å²) in [7, 11) is 2.17. The molecule has 4 nitrogen and oxygen atoms in total. The van der Waals surface area contributed by atoms with Crippen molar-refractivity contribution in [1.29, 1.82) is 0 Å². The molecule has 0 N–H and O–H groups in total. The summed E-state index contributed by atoms with van der Waals surface area (Å²) in [6.07, 6.45) is 1.02. The fourth-order valence-corrected chi connectivity index (χ4v) is 2.51. The minimum atomic E-state index is 0.718. The quantitative estimate of drug-likeness (QED) is 0.688. The van der Waals surface area contributed by atoms with E-state index in [-0.39, 0.29) is 0 Å². The molecule has 0 saturated carbocycles. The molecular weight excluding hydrogens is 288 g/mol. The fourth-order valence-electron chi connectivity index (χ4n) is 2.33. The van der Waals surface area contributed by atoms with Gasteiger partial charge in [0.15, 0.2) is 0 Å². The van der Waals surface area contributed by atoms with Crippen LogP contribution in [0.5, 0.6) is 5.75 Å². The van der Waals surface area contributed by atoms with Crippen LogP contribution < -0.4 is 4.74 Å². The van der Waals surface area contributed by atoms with Crippen molar-refractivity contribution in [1.82, 2.24) is 9.80 Å². The van der Waals surface area contributed by atoms with E-state index in [9.17, 15) is 0 Å². The van der Waals surface area contributed by atoms with Gasteiger partial charge >= 0.3 is 0 Å². The van der Waals surface area contributed by atoms with Gasteiger partial charge in [-0.05, 0) is 31.7 Å². The van der Waals surface area contributed by atoms with E-state index < -0.39 is 0 Å². The molecule has 1 fully saturated rings. The first kappa shape index (κ1) is 16.6. The maximum atomic E-state index is 5.92. The molecular formula is C16H25ClN2O2. The molecule has 0 spiro atoms. The zero-order valence-electron chi connectivity index (χ0n) is 12.8. The van der Waals surface area contributed by atoms with Crippen molar-refractivity contribution in [2.75, 3.05) is 59.6 Å². The summed E-state index contributed by atoms with van der Waals surface area (Å²) in [5.74, 6) is 0.846. The van der Waals surface area contributed by atoms with E-state index in [0.29, 0.717) is 0 Å². The SMILES string of the molecule is CN(CCCOc1cccc(Cl)c1)CCN1CCOCC1. The van der Waals surface area contributed by atoms with E-state index >= 15 is 0 Å². The largest absolute Gasteiger partial charge is 0.493 e. The smallest absolute Gasteiger partial charge is 0.120 e. The Morgan fingerprint density at radius 2 is 2.10 bits per heavy atom. The van der Waals surface area contributed by atoms with Crippen LogP contribution >= 0.6 is 11.6 Å². The van der Waals surface area contributed by atoms with Gasteiger partial charge in [0, 0.05) is 37.7 Å². The van der Waals surface area contributed by atoms with Gasteiger partial charge in [-0.15, -0.1) is 0 Å². The minimum absolute atomic E-state index is 0.718. The number of likely N-dealkylation sites (N-methyl/N-ethyl adjacent to an activating group) is 1. The summed E-state index contributed by atoms with van der Waals surface area (Å²) in [6.45, 7) is 7.85. The van der Waals surface area contributed by atoms with Crippen molar-refractivity contribution in [3.05, 3.63) is 29.3 Å². The van der Waals surface area contributed by atoms with Gasteiger partial charge in [-0.25, -0.2) is 0 Å². The van der Waals surface area contributed by atoms with Gasteiger partial charge in [0.1, 0.15) is 5.75 Å². The third-order valence-electron chi connectivity index (χ3n) is 3.65. The molecule has 0 unspecified atom stereocenters. The fraction of sp³-hybridized carbons (Fsp3) is 0.625. The Morgan fingerprint density at radius 3 is 2.86 bits per heavy atom. The lowest BCUT2D eigenvalue weighted by atomic mass is 10.3. The molecule has 1 aromatic rings. The average Bonchev–Trinajstić information content (AvgIpc) is 2.51. The van der Waals surface area contributed by atoms with E-state index in [4.69, 9.17) is 21.1 Å². The van der Waals surface area contributed by atoms with Crippen LogP contribution in [0.25, 0.3) is 0 Å². The highest BCUT2D eigenvalue weighted by Crippen LogP contribution is 2.17. The predicted molar refractivity (Wildman–Crippen MR) is 86.3 cm³/mol. The second kappa shape index (κ2) is 9.26. The van der Waals surface area contributed by atoms with Gasteiger partial charge in [0.2, 0.25) is 0 Å². The Labute approximate surface area is 132 Å². The zero-order valence-corrected chi connectivity index (χ0v) is 13.5. The number of hydrogen-bond acceptors (Lipinski definition) is 4. The predicted octanol–water partition coefficient (Wildman–Crippen LogP) is 2.37. The lowest BCUT2D eigenvalue weighted by molar-refractivity contribution is 0.0343. The van der Waals surface area contributed by atoms with Crippen LogP contribution in [0.2, 0.25) is 5.02 Å². The van der Waals surface area contributed by atoms with E-state index in [1.54, 1.807) is 0 Å². The Hall–Kier alpha value is -0.810. The van der Waals surface area contributed by atoms with Crippen molar-refractivity contribution >= 4 is 11.6 Å². The standard InChI is InChI=1S/C16H25ClN2O2/c1-18(7-8-19-9-12-20-13-10-19)6-3-11-21-16-5-2-4-15(17)14-16/h2,4-5,14H,3,6-13H2,1H3. The third-order valence-corrected chi connectivity index (χ3v) is 3.89. The molecule has 0 radical (unpaired) electrons. The molecule has 0 aliphatic carbocycles. The Morgan fingerprint density at radius 1 is 1.29 bits per heavy atom. The first-order chi connectivity index (χ1) is 10.2. The maximum absolute atomic E-state index is 5.92. The van der Waals surface area contributed by atoms with E-state index in [1.165, 1.54) is 0 Å². The molecule has 1 heterocycles. The monoisotopic (exact) mass is 312 g/mol. The summed E-state index contributed by atoms with van der Waals surface area (Å²) in [5, 5.41) is 0.718. The van der Waals surface area contributed by atoms with Gasteiger partial charge in [0.25, 0.3) is 0 Å². The van der Waals surface area contributed by atoms with Gasteiger partial charge in [-0.1, -0.05) is 17.7 Å². The number of benzene rings is 1. The van der Waals surface area contributed by atoms with Gasteiger partial charge in [-0.2, -0.15) is 0 Å². The summed E-state index contributed by atoms with van der Waals surface area (Å²) in [5.41, 5.74) is 0. The van der Waals surface area contributed by atoms with Crippen molar-refractivity contribution < 1.29 is 9.47 Å². The van der Waals surface area contributed by atoms with E-state index in [2.05, 4.69) is 16.8 Å². The van der Waals surface area contributed by atoms with E-state index in [0.717, 1.165) is 69.7 Å². The van der Waals surface area contributed by atoms with Crippen LogP contribution in [0.3, 0.4) is 0 Å². The molecule has 2 rings (SSSR count). The first-order valence-electron chi connectivity index (χ1n) is 7.61. The molecule has 21 heavy (non-hydrogen) atoms. The third kappa shape index (κ3) is 6.66. The highest BCUT2D eigenvalue weighted by Gasteiger charge is 2.10. The number of morpholine rings is 1. The molecule has 0 atom stereocenters. The highest BCUT2D eigenvalue weighted by atomic mass is 35.5. The Kier molecular flexibility index (Phi) is 7.30. The van der Waals surface area contributed by atoms with E-state index in [1.807, 2.05) is 24.3 Å². The van der Waals surface area contributed by atoms with Gasteiger partial charge < -0.3 is 14.4 Å². The first-order valence-corrected chi connectivity index (χ1v) is 7.99. The zero-order chi connectivity index (χ0) is 14.9. The van der Waals surface area contributed by atoms with Crippen LogP contribution in [-0.4, -0.2) is 69.4 Å². The summed E-state index contributed by atoms with van der Waals surface area (Å²) >= 11 is 5.92. The molecule has 1 aromatic carbocycles. The van der Waals surface area contributed by atoms with Gasteiger partial charge in [0.05, 0.1) is 19.8 Å². The Balaban J connectivity index is 1.53. The number of rotatable bonds is 8. The van der Waals surface area contributed by atoms with Crippen molar-refractivity contribution in [2.45, 2.75) is 6.42 Å². The summed E-state index contributed by atoms with van der Waals surface area (Å²) < 4.78 is 11.0. The lowest BCUT2D eigenvalue weighted by Crippen LogP contribution is -2.40. The number of hydrogen-bond donors (Lipinski definition) is 0. The molecule has 0 bridgehead atoms. The molecule has 0 aromatic heterocycles. The number of nitrogens with zero attached hydrogens (tertiary/aromatic N) is 2. The number of halogens is 1. The second-order valence-electron chi connectivity index (χ2n) is 5.42. The van der Waals surface area contributed by atoms with Crippen LogP contribution in [0.1, 0.15) is 6.42 Å². The second-order valence-corrected chi connectivity index (χ2v) is 5.85. The van der Waals surface area contributed by atoms with Crippen LogP contribution in [0.4, 0.5) is 0 Å². The van der Waals surface area contributed by atoms with Crippen LogP contribution in [0, 0.1) is 0 Å². The summed E-state index contributed by atoms with van der Waals surface area (Å²) in [4.78, 5) is 4.82. The van der Waals surface area contributed by atoms with Crippen LogP contribution in [-0.2, 0) is 4.74 Å².